The van der Waals surface area contributed by atoms with Crippen LogP contribution in [0.25, 0.3) is 0 Å². The van der Waals surface area contributed by atoms with E-state index in [4.69, 9.17) is 33.5 Å². The van der Waals surface area contributed by atoms with Crippen LogP contribution in [-0.2, 0) is 28.4 Å². The topological polar surface area (TPSA) is 75.6 Å². The third kappa shape index (κ3) is 4.71. The van der Waals surface area contributed by atoms with E-state index in [2.05, 4.69) is 0 Å². The largest absolute Gasteiger partial charge is 0.396 e. The zero-order chi connectivity index (χ0) is 18.1. The van der Waals surface area contributed by atoms with E-state index in [0.29, 0.717) is 13.2 Å². The quantitative estimate of drug-likeness (QED) is 0.663. The highest BCUT2D eigenvalue weighted by molar-refractivity contribution is 4.98. The fraction of sp³-hybridized carbons (Fsp3) is 1.00. The zero-order valence-electron chi connectivity index (χ0n) is 15.7. The van der Waals surface area contributed by atoms with Crippen LogP contribution in [0.5, 0.6) is 0 Å². The molecule has 0 saturated carbocycles. The molecule has 0 amide bonds. The van der Waals surface area contributed by atoms with Crippen molar-refractivity contribution in [2.24, 2.45) is 0 Å². The Bertz CT molecular complexity index is 439. The molecule has 0 spiro atoms. The van der Waals surface area contributed by atoms with Crippen molar-refractivity contribution in [3.8, 4) is 0 Å². The normalized spacial score (nSPS) is 39.0. The average Bonchev–Trinajstić information content (AvgIpc) is 3.13. The van der Waals surface area contributed by atoms with Crippen molar-refractivity contribution < 1.29 is 33.5 Å². The van der Waals surface area contributed by atoms with E-state index in [-0.39, 0.29) is 31.0 Å². The van der Waals surface area contributed by atoms with Gasteiger partial charge < -0.3 is 33.5 Å². The second kappa shape index (κ2) is 7.76. The lowest BCUT2D eigenvalue weighted by molar-refractivity contribution is -0.236. The lowest BCUT2D eigenvalue weighted by Gasteiger charge is -2.29. The maximum atomic E-state index is 8.84. The summed E-state index contributed by atoms with van der Waals surface area (Å²) >= 11 is 0. The first-order valence-electron chi connectivity index (χ1n) is 9.37. The molecule has 146 valence electrons. The molecule has 3 rings (SSSR count). The Morgan fingerprint density at radius 2 is 1.68 bits per heavy atom. The van der Waals surface area contributed by atoms with Gasteiger partial charge >= 0.3 is 0 Å². The van der Waals surface area contributed by atoms with Crippen molar-refractivity contribution in [2.45, 2.75) is 95.7 Å². The SMILES string of the molecule is CC1(C)O[C@H]2O[C@H]([C@H]3COC(C)(C)O3)[C@H](OCCCCCCO)[C@H]2O1. The van der Waals surface area contributed by atoms with Crippen LogP contribution in [0.2, 0.25) is 0 Å². The molecule has 3 aliphatic rings. The Morgan fingerprint density at radius 1 is 0.920 bits per heavy atom. The fourth-order valence-corrected chi connectivity index (χ4v) is 3.66. The summed E-state index contributed by atoms with van der Waals surface area (Å²) in [6.45, 7) is 8.91. The van der Waals surface area contributed by atoms with Gasteiger partial charge in [-0.25, -0.2) is 0 Å². The summed E-state index contributed by atoms with van der Waals surface area (Å²) in [6.07, 6.45) is 2.42. The molecular weight excluding hydrogens is 328 g/mol. The van der Waals surface area contributed by atoms with Gasteiger partial charge in [0.2, 0.25) is 0 Å². The monoisotopic (exact) mass is 360 g/mol. The Hall–Kier alpha value is -0.280. The Balaban J connectivity index is 1.57. The Labute approximate surface area is 149 Å². The van der Waals surface area contributed by atoms with Crippen molar-refractivity contribution in [2.75, 3.05) is 19.8 Å². The van der Waals surface area contributed by atoms with E-state index in [1.807, 2.05) is 27.7 Å². The summed E-state index contributed by atoms with van der Waals surface area (Å²) in [6, 6.07) is 0. The Morgan fingerprint density at radius 3 is 2.36 bits per heavy atom. The summed E-state index contributed by atoms with van der Waals surface area (Å²) in [5.74, 6) is -1.28. The van der Waals surface area contributed by atoms with Crippen molar-refractivity contribution in [1.82, 2.24) is 0 Å². The zero-order valence-corrected chi connectivity index (χ0v) is 15.7. The minimum absolute atomic E-state index is 0.199. The number of rotatable bonds is 8. The fourth-order valence-electron chi connectivity index (χ4n) is 3.66. The molecule has 3 aliphatic heterocycles. The molecule has 7 heteroatoms. The molecule has 0 aromatic heterocycles. The van der Waals surface area contributed by atoms with Crippen LogP contribution < -0.4 is 0 Å². The summed E-state index contributed by atoms with van der Waals surface area (Å²) in [4.78, 5) is 0. The standard InChI is InChI=1S/C18H32O7/c1-17(2)21-11-12(23-17)13-14(20-10-8-6-5-7-9-19)15-16(22-13)25-18(3,4)24-15/h12-16,19H,5-11H2,1-4H3/t12-,13-,14+,15-,16-/m1/s1. The van der Waals surface area contributed by atoms with Gasteiger partial charge in [-0.2, -0.15) is 0 Å². The number of aliphatic hydroxyl groups is 1. The number of hydrogen-bond donors (Lipinski definition) is 1. The van der Waals surface area contributed by atoms with Gasteiger partial charge in [-0.15, -0.1) is 0 Å². The number of aliphatic hydroxyl groups excluding tert-OH is 1. The molecule has 0 unspecified atom stereocenters. The molecule has 7 nitrogen and oxygen atoms in total. The van der Waals surface area contributed by atoms with Gasteiger partial charge in [-0.3, -0.25) is 0 Å². The number of unbranched alkanes of at least 4 members (excludes halogenated alkanes) is 3. The van der Waals surface area contributed by atoms with Gasteiger partial charge in [0.25, 0.3) is 0 Å². The Kier molecular flexibility index (Phi) is 6.05. The molecule has 0 radical (unpaired) electrons. The molecule has 3 heterocycles. The van der Waals surface area contributed by atoms with Gasteiger partial charge in [0, 0.05) is 13.2 Å². The van der Waals surface area contributed by atoms with Gasteiger partial charge in [-0.1, -0.05) is 12.8 Å². The number of ether oxygens (including phenoxy) is 6. The minimum atomic E-state index is -0.671. The number of hydrogen-bond acceptors (Lipinski definition) is 7. The van der Waals surface area contributed by atoms with Crippen molar-refractivity contribution >= 4 is 0 Å². The second-order valence-corrected chi connectivity index (χ2v) is 7.91. The van der Waals surface area contributed by atoms with E-state index >= 15 is 0 Å². The maximum Gasteiger partial charge on any atom is 0.190 e. The third-order valence-corrected chi connectivity index (χ3v) is 4.79. The van der Waals surface area contributed by atoms with Gasteiger partial charge in [-0.05, 0) is 40.5 Å². The van der Waals surface area contributed by atoms with Crippen LogP contribution >= 0.6 is 0 Å². The molecule has 1 N–H and O–H groups in total. The highest BCUT2D eigenvalue weighted by Crippen LogP contribution is 2.41. The maximum absolute atomic E-state index is 8.84. The van der Waals surface area contributed by atoms with Crippen LogP contribution in [0.15, 0.2) is 0 Å². The van der Waals surface area contributed by atoms with Crippen molar-refractivity contribution in [3.63, 3.8) is 0 Å². The van der Waals surface area contributed by atoms with E-state index < -0.39 is 17.9 Å². The van der Waals surface area contributed by atoms with Crippen molar-refractivity contribution in [3.05, 3.63) is 0 Å². The van der Waals surface area contributed by atoms with E-state index in [1.165, 1.54) is 0 Å². The van der Waals surface area contributed by atoms with Crippen LogP contribution in [0.1, 0.15) is 53.4 Å². The molecule has 0 aromatic carbocycles. The molecule has 0 aromatic rings. The van der Waals surface area contributed by atoms with Crippen LogP contribution in [0, 0.1) is 0 Å². The average molecular weight is 360 g/mol. The first-order chi connectivity index (χ1) is 11.8. The van der Waals surface area contributed by atoms with Gasteiger partial charge in [0.05, 0.1) is 6.61 Å². The second-order valence-electron chi connectivity index (χ2n) is 7.91. The van der Waals surface area contributed by atoms with Crippen LogP contribution in [-0.4, -0.2) is 67.2 Å². The van der Waals surface area contributed by atoms with E-state index in [0.717, 1.165) is 25.7 Å². The number of fused-ring (bicyclic) bond motifs is 1. The molecule has 0 aliphatic carbocycles. The molecule has 5 atom stereocenters. The van der Waals surface area contributed by atoms with Crippen LogP contribution in [0.3, 0.4) is 0 Å². The van der Waals surface area contributed by atoms with Gasteiger partial charge in [0.15, 0.2) is 17.9 Å². The first-order valence-corrected chi connectivity index (χ1v) is 9.37. The highest BCUT2D eigenvalue weighted by atomic mass is 16.8. The van der Waals surface area contributed by atoms with Crippen LogP contribution in [0.4, 0.5) is 0 Å². The predicted octanol–water partition coefficient (Wildman–Crippen LogP) is 1.95. The molecular formula is C18H32O7. The lowest BCUT2D eigenvalue weighted by atomic mass is 10.1. The summed E-state index contributed by atoms with van der Waals surface area (Å²) < 4.78 is 35.8. The summed E-state index contributed by atoms with van der Waals surface area (Å²) in [7, 11) is 0. The van der Waals surface area contributed by atoms with Gasteiger partial charge in [0.1, 0.15) is 24.4 Å². The molecule has 0 bridgehead atoms. The van der Waals surface area contributed by atoms with Crippen molar-refractivity contribution in [1.29, 1.82) is 0 Å². The minimum Gasteiger partial charge on any atom is -0.396 e. The third-order valence-electron chi connectivity index (χ3n) is 4.79. The predicted molar refractivity (Wildman–Crippen MR) is 88.9 cm³/mol. The lowest BCUT2D eigenvalue weighted by Crippen LogP contribution is -2.44. The molecule has 3 fully saturated rings. The molecule has 25 heavy (non-hydrogen) atoms. The smallest absolute Gasteiger partial charge is 0.190 e. The summed E-state index contributed by atoms with van der Waals surface area (Å²) in [5.41, 5.74) is 0. The van der Waals surface area contributed by atoms with E-state index in [1.54, 1.807) is 0 Å². The summed E-state index contributed by atoms with van der Waals surface area (Å²) in [5, 5.41) is 8.84. The molecule has 3 saturated heterocycles. The highest BCUT2D eigenvalue weighted by Gasteiger charge is 2.58. The van der Waals surface area contributed by atoms with E-state index in [9.17, 15) is 0 Å². The first kappa shape index (κ1) is 19.5.